The Morgan fingerprint density at radius 1 is 1.13 bits per heavy atom. The summed E-state index contributed by atoms with van der Waals surface area (Å²) in [4.78, 5) is 30.8. The van der Waals surface area contributed by atoms with Crippen molar-refractivity contribution in [2.24, 2.45) is 5.92 Å². The number of rotatable bonds is 3. The Hall–Kier alpha value is -3.41. The van der Waals surface area contributed by atoms with E-state index >= 15 is 0 Å². The number of carbonyl (C=O) groups is 2. The van der Waals surface area contributed by atoms with Gasteiger partial charge in [-0.15, -0.1) is 0 Å². The highest BCUT2D eigenvalue weighted by molar-refractivity contribution is 6.09. The minimum absolute atomic E-state index is 0.0563. The number of amides is 1. The molecule has 6 heteroatoms. The van der Waals surface area contributed by atoms with E-state index in [2.05, 4.69) is 22.5 Å². The summed E-state index contributed by atoms with van der Waals surface area (Å²) in [6.45, 7) is 5.78. The van der Waals surface area contributed by atoms with Crippen molar-refractivity contribution in [1.29, 1.82) is 0 Å². The van der Waals surface area contributed by atoms with Crippen LogP contribution in [0.25, 0.3) is 0 Å². The summed E-state index contributed by atoms with van der Waals surface area (Å²) in [5.41, 5.74) is 4.35. The van der Waals surface area contributed by atoms with E-state index in [1.807, 2.05) is 26.0 Å². The summed E-state index contributed by atoms with van der Waals surface area (Å²) in [7, 11) is 0. The van der Waals surface area contributed by atoms with Crippen LogP contribution in [0.3, 0.4) is 0 Å². The maximum atomic E-state index is 13.4. The van der Waals surface area contributed by atoms with Gasteiger partial charge in [0.2, 0.25) is 0 Å². The van der Waals surface area contributed by atoms with Crippen molar-refractivity contribution in [3.63, 3.8) is 0 Å². The van der Waals surface area contributed by atoms with Crippen LogP contribution < -0.4 is 10.6 Å². The van der Waals surface area contributed by atoms with Crippen LogP contribution in [-0.2, 0) is 9.59 Å². The van der Waals surface area contributed by atoms with Crippen LogP contribution in [0.2, 0.25) is 0 Å². The predicted octanol–water partition coefficient (Wildman–Crippen LogP) is 3.95. The van der Waals surface area contributed by atoms with E-state index in [0.29, 0.717) is 23.4 Å². The quantitative estimate of drug-likeness (QED) is 0.722. The van der Waals surface area contributed by atoms with E-state index in [4.69, 9.17) is 0 Å². The topological polar surface area (TPSA) is 91.3 Å². The molecule has 1 amide bonds. The van der Waals surface area contributed by atoms with E-state index in [-0.39, 0.29) is 23.4 Å². The standard InChI is InChI=1S/C24H25N3O3/c1-13-11-18-23(19(29)12-13)22(16-7-9-17(28)10-8-16)21(15(3)26-18)24(30)27-20-6-4-5-14(2)25-20/h4-10,13,22,26,28H,11-12H2,1-3H3,(H,25,27,30). The van der Waals surface area contributed by atoms with Gasteiger partial charge in [0.05, 0.1) is 0 Å². The first-order valence-electron chi connectivity index (χ1n) is 10.1. The van der Waals surface area contributed by atoms with Gasteiger partial charge in [-0.05, 0) is 56.0 Å². The molecule has 0 saturated heterocycles. The number of anilines is 1. The molecule has 1 aliphatic carbocycles. The largest absolute Gasteiger partial charge is 0.508 e. The van der Waals surface area contributed by atoms with Crippen LogP contribution in [-0.4, -0.2) is 21.8 Å². The van der Waals surface area contributed by atoms with Gasteiger partial charge in [0.1, 0.15) is 11.6 Å². The second-order valence-corrected chi connectivity index (χ2v) is 8.14. The number of Topliss-reactive ketones (excluding diaryl/α,β-unsaturated/α-hetero) is 1. The fourth-order valence-electron chi connectivity index (χ4n) is 4.33. The summed E-state index contributed by atoms with van der Waals surface area (Å²) >= 11 is 0. The Kier molecular flexibility index (Phi) is 5.16. The molecule has 6 nitrogen and oxygen atoms in total. The highest BCUT2D eigenvalue weighted by Gasteiger charge is 2.39. The molecule has 0 saturated carbocycles. The van der Waals surface area contributed by atoms with Crippen LogP contribution in [0.1, 0.15) is 43.9 Å². The van der Waals surface area contributed by atoms with Gasteiger partial charge >= 0.3 is 0 Å². The average Bonchev–Trinajstić information content (AvgIpc) is 2.67. The molecule has 2 aromatic rings. The molecule has 3 N–H and O–H groups in total. The van der Waals surface area contributed by atoms with Crippen molar-refractivity contribution in [3.05, 3.63) is 76.3 Å². The molecular formula is C24H25N3O3. The third-order valence-electron chi connectivity index (χ3n) is 5.63. The number of carbonyl (C=O) groups excluding carboxylic acids is 2. The SMILES string of the molecule is CC1=C(C(=O)Nc2cccc(C)n2)C(c2ccc(O)cc2)C2=C(CC(C)CC2=O)N1. The number of nitrogens with zero attached hydrogens (tertiary/aromatic N) is 1. The van der Waals surface area contributed by atoms with Gasteiger partial charge in [-0.3, -0.25) is 9.59 Å². The fraction of sp³-hybridized carbons (Fsp3) is 0.292. The van der Waals surface area contributed by atoms with Crippen molar-refractivity contribution in [1.82, 2.24) is 10.3 Å². The highest BCUT2D eigenvalue weighted by Crippen LogP contribution is 2.43. The summed E-state index contributed by atoms with van der Waals surface area (Å²) < 4.78 is 0. The monoisotopic (exact) mass is 403 g/mol. The second-order valence-electron chi connectivity index (χ2n) is 8.14. The number of nitrogens with one attached hydrogen (secondary N) is 2. The summed E-state index contributed by atoms with van der Waals surface area (Å²) in [6, 6.07) is 12.1. The first kappa shape index (κ1) is 19.9. The van der Waals surface area contributed by atoms with Crippen molar-refractivity contribution < 1.29 is 14.7 Å². The molecule has 0 bridgehead atoms. The van der Waals surface area contributed by atoms with E-state index < -0.39 is 5.92 Å². The zero-order valence-electron chi connectivity index (χ0n) is 17.3. The van der Waals surface area contributed by atoms with Crippen molar-refractivity contribution in [2.45, 2.75) is 39.5 Å². The van der Waals surface area contributed by atoms with Gasteiger partial charge in [-0.25, -0.2) is 4.98 Å². The molecule has 0 radical (unpaired) electrons. The number of dihydropyridines is 1. The molecule has 1 aromatic heterocycles. The Labute approximate surface area is 175 Å². The number of hydrogen-bond donors (Lipinski definition) is 3. The maximum Gasteiger partial charge on any atom is 0.255 e. The lowest BCUT2D eigenvalue weighted by Crippen LogP contribution is -2.37. The lowest BCUT2D eigenvalue weighted by atomic mass is 9.73. The van der Waals surface area contributed by atoms with Gasteiger partial charge in [0, 0.05) is 40.6 Å². The Bertz CT molecular complexity index is 1080. The predicted molar refractivity (Wildman–Crippen MR) is 115 cm³/mol. The molecule has 30 heavy (non-hydrogen) atoms. The van der Waals surface area contributed by atoms with E-state index in [0.717, 1.165) is 29.1 Å². The average molecular weight is 403 g/mol. The number of ketones is 1. The number of allylic oxidation sites excluding steroid dienone is 3. The zero-order chi connectivity index (χ0) is 21.4. The summed E-state index contributed by atoms with van der Waals surface area (Å²) in [5, 5.41) is 15.9. The lowest BCUT2D eigenvalue weighted by Gasteiger charge is -2.36. The normalized spacial score (nSPS) is 21.2. The molecule has 0 fully saturated rings. The van der Waals surface area contributed by atoms with Gasteiger partial charge in [-0.2, -0.15) is 0 Å². The second kappa shape index (κ2) is 7.78. The summed E-state index contributed by atoms with van der Waals surface area (Å²) in [5.74, 6) is 0.125. The van der Waals surface area contributed by atoms with Crippen molar-refractivity contribution in [3.8, 4) is 5.75 Å². The smallest absolute Gasteiger partial charge is 0.255 e. The molecule has 0 spiro atoms. The number of aromatic nitrogens is 1. The third-order valence-corrected chi connectivity index (χ3v) is 5.63. The van der Waals surface area contributed by atoms with Gasteiger partial charge in [0.25, 0.3) is 5.91 Å². The Morgan fingerprint density at radius 3 is 2.57 bits per heavy atom. The first-order chi connectivity index (χ1) is 14.3. The Morgan fingerprint density at radius 2 is 1.87 bits per heavy atom. The molecule has 2 aliphatic rings. The highest BCUT2D eigenvalue weighted by atomic mass is 16.3. The third kappa shape index (κ3) is 3.73. The molecule has 1 aliphatic heterocycles. The van der Waals surface area contributed by atoms with Crippen LogP contribution >= 0.6 is 0 Å². The first-order valence-corrected chi connectivity index (χ1v) is 10.1. The number of hydrogen-bond acceptors (Lipinski definition) is 5. The van der Waals surface area contributed by atoms with Crippen molar-refractivity contribution in [2.75, 3.05) is 5.32 Å². The van der Waals surface area contributed by atoms with Crippen LogP contribution in [0.4, 0.5) is 5.82 Å². The van der Waals surface area contributed by atoms with E-state index in [1.165, 1.54) is 0 Å². The molecule has 2 atom stereocenters. The maximum absolute atomic E-state index is 13.4. The number of phenolic OH excluding ortho intramolecular Hbond substituents is 1. The molecule has 154 valence electrons. The molecule has 4 rings (SSSR count). The molecular weight excluding hydrogens is 378 g/mol. The van der Waals surface area contributed by atoms with Crippen molar-refractivity contribution >= 4 is 17.5 Å². The number of pyridine rings is 1. The lowest BCUT2D eigenvalue weighted by molar-refractivity contribution is -0.117. The van der Waals surface area contributed by atoms with Crippen LogP contribution in [0, 0.1) is 12.8 Å². The molecule has 2 heterocycles. The van der Waals surface area contributed by atoms with Gasteiger partial charge in [0.15, 0.2) is 5.78 Å². The zero-order valence-corrected chi connectivity index (χ0v) is 17.3. The number of phenols is 1. The van der Waals surface area contributed by atoms with Crippen LogP contribution in [0.5, 0.6) is 5.75 Å². The number of aryl methyl sites for hydroxylation is 1. The minimum atomic E-state index is -0.494. The fourth-order valence-corrected chi connectivity index (χ4v) is 4.33. The van der Waals surface area contributed by atoms with E-state index in [1.54, 1.807) is 30.3 Å². The minimum Gasteiger partial charge on any atom is -0.508 e. The molecule has 2 unspecified atom stereocenters. The van der Waals surface area contributed by atoms with Crippen LogP contribution in [0.15, 0.2) is 65.0 Å². The summed E-state index contributed by atoms with van der Waals surface area (Å²) in [6.07, 6.45) is 1.23. The Balaban J connectivity index is 1.79. The number of benzene rings is 1. The van der Waals surface area contributed by atoms with Gasteiger partial charge < -0.3 is 15.7 Å². The number of aromatic hydroxyl groups is 1. The van der Waals surface area contributed by atoms with E-state index in [9.17, 15) is 14.7 Å². The molecule has 1 aromatic carbocycles. The van der Waals surface area contributed by atoms with Gasteiger partial charge in [-0.1, -0.05) is 25.1 Å².